The highest BCUT2D eigenvalue weighted by atomic mass is 16.4. The number of nitrogens with zero attached hydrogens (tertiary/aromatic N) is 2. The Morgan fingerprint density at radius 2 is 1.91 bits per heavy atom. The minimum atomic E-state index is -1.70. The second-order valence-corrected chi connectivity index (χ2v) is 4.24. The number of nitrogens with one attached hydrogen (secondary N) is 2. The molecule has 22 heavy (non-hydrogen) atoms. The van der Waals surface area contributed by atoms with Crippen molar-refractivity contribution in [3.8, 4) is 0 Å². The second kappa shape index (κ2) is 7.44. The summed E-state index contributed by atoms with van der Waals surface area (Å²) in [5.74, 6) is -5.88. The van der Waals surface area contributed by atoms with Crippen molar-refractivity contribution in [3.63, 3.8) is 0 Å². The van der Waals surface area contributed by atoms with E-state index in [9.17, 15) is 19.2 Å². The van der Waals surface area contributed by atoms with E-state index in [0.717, 1.165) is 5.12 Å². The van der Waals surface area contributed by atoms with Crippen molar-refractivity contribution in [1.82, 2.24) is 16.0 Å². The minimum Gasteiger partial charge on any atom is -0.481 e. The van der Waals surface area contributed by atoms with Crippen LogP contribution in [0.2, 0.25) is 0 Å². The zero-order valence-corrected chi connectivity index (χ0v) is 11.1. The van der Waals surface area contributed by atoms with Crippen molar-refractivity contribution in [2.45, 2.75) is 18.5 Å². The topological polar surface area (TPSA) is 189 Å². The number of carbonyl (C=O) groups is 4. The van der Waals surface area contributed by atoms with E-state index < -0.39 is 48.1 Å². The van der Waals surface area contributed by atoms with Gasteiger partial charge >= 0.3 is 23.9 Å². The zero-order chi connectivity index (χ0) is 16.9. The van der Waals surface area contributed by atoms with E-state index in [0.29, 0.717) is 0 Å². The third kappa shape index (κ3) is 4.76. The van der Waals surface area contributed by atoms with Crippen LogP contribution in [0.25, 0.3) is 0 Å². The molecule has 1 aliphatic heterocycles. The summed E-state index contributed by atoms with van der Waals surface area (Å²) in [4.78, 5) is 47.2. The minimum absolute atomic E-state index is 0.0655. The molecule has 0 amide bonds. The van der Waals surface area contributed by atoms with Gasteiger partial charge in [-0.1, -0.05) is 0 Å². The van der Waals surface area contributed by atoms with Crippen molar-refractivity contribution < 1.29 is 39.6 Å². The van der Waals surface area contributed by atoms with Crippen molar-refractivity contribution in [1.29, 1.82) is 0 Å². The summed E-state index contributed by atoms with van der Waals surface area (Å²) in [7, 11) is 0. The van der Waals surface area contributed by atoms with Gasteiger partial charge in [0, 0.05) is 6.54 Å². The molecule has 0 spiro atoms. The summed E-state index contributed by atoms with van der Waals surface area (Å²) in [5, 5.41) is 36.4. The molecule has 2 atom stereocenters. The largest absolute Gasteiger partial charge is 0.481 e. The molecular weight excluding hydrogens is 304 g/mol. The monoisotopic (exact) mass is 318 g/mol. The number of hydrazine groups is 2. The predicted octanol–water partition coefficient (Wildman–Crippen LogP) is -2.78. The van der Waals surface area contributed by atoms with Crippen molar-refractivity contribution in [2.75, 3.05) is 13.1 Å². The predicted molar refractivity (Wildman–Crippen MR) is 68.0 cm³/mol. The molecule has 1 aliphatic rings. The van der Waals surface area contributed by atoms with Crippen LogP contribution in [0.5, 0.6) is 0 Å². The van der Waals surface area contributed by atoms with Gasteiger partial charge < -0.3 is 20.4 Å². The number of hydrogen-bond acceptors (Lipinski definition) is 8. The first-order chi connectivity index (χ1) is 10.2. The number of carboxylic acids is 4. The highest BCUT2D eigenvalue weighted by Gasteiger charge is 2.34. The summed E-state index contributed by atoms with van der Waals surface area (Å²) < 4.78 is 0. The van der Waals surface area contributed by atoms with Gasteiger partial charge in [-0.25, -0.2) is 15.6 Å². The summed E-state index contributed by atoms with van der Waals surface area (Å²) in [6.07, 6.45) is -0.752. The van der Waals surface area contributed by atoms with Gasteiger partial charge in [0.05, 0.1) is 13.0 Å². The van der Waals surface area contributed by atoms with Crippen LogP contribution in [0.4, 0.5) is 0 Å². The van der Waals surface area contributed by atoms with Gasteiger partial charge in [0.25, 0.3) is 0 Å². The van der Waals surface area contributed by atoms with Crippen LogP contribution < -0.4 is 10.9 Å². The van der Waals surface area contributed by atoms with Crippen LogP contribution in [0.15, 0.2) is 4.99 Å². The van der Waals surface area contributed by atoms with Crippen molar-refractivity contribution in [2.24, 2.45) is 4.99 Å². The second-order valence-electron chi connectivity index (χ2n) is 4.24. The third-order valence-corrected chi connectivity index (χ3v) is 2.62. The molecule has 0 aromatic carbocycles. The normalized spacial score (nSPS) is 20.5. The zero-order valence-electron chi connectivity index (χ0n) is 11.1. The fourth-order valence-electron chi connectivity index (χ4n) is 1.66. The number of aliphatic imine (C=N–C) groups is 1. The SMILES string of the molecule is O=C(O)C[C@H](NN1CCN=C(C(=O)O)[C@@H](C(=O)O)N1)C(=O)O. The first kappa shape index (κ1) is 17.5. The molecule has 0 fully saturated rings. The van der Waals surface area contributed by atoms with Crippen molar-refractivity contribution >= 4 is 29.6 Å². The maximum Gasteiger partial charge on any atom is 0.352 e. The van der Waals surface area contributed by atoms with Gasteiger partial charge in [-0.2, -0.15) is 5.12 Å². The van der Waals surface area contributed by atoms with E-state index in [-0.39, 0.29) is 13.1 Å². The van der Waals surface area contributed by atoms with E-state index in [1.54, 1.807) is 0 Å². The number of rotatable bonds is 7. The van der Waals surface area contributed by atoms with E-state index in [1.807, 2.05) is 0 Å². The first-order valence-electron chi connectivity index (χ1n) is 5.97. The molecule has 12 nitrogen and oxygen atoms in total. The molecule has 12 heteroatoms. The Labute approximate surface area is 123 Å². The fraction of sp³-hybridized carbons (Fsp3) is 0.500. The Morgan fingerprint density at radius 1 is 1.27 bits per heavy atom. The molecule has 122 valence electrons. The van der Waals surface area contributed by atoms with Crippen molar-refractivity contribution in [3.05, 3.63) is 0 Å². The highest BCUT2D eigenvalue weighted by Crippen LogP contribution is 2.01. The van der Waals surface area contributed by atoms with E-state index >= 15 is 0 Å². The average molecular weight is 318 g/mol. The van der Waals surface area contributed by atoms with Crippen LogP contribution in [-0.4, -0.2) is 80.3 Å². The van der Waals surface area contributed by atoms with Gasteiger partial charge in [-0.15, -0.1) is 0 Å². The Balaban J connectivity index is 2.86. The smallest absolute Gasteiger partial charge is 0.352 e. The summed E-state index contributed by atoms with van der Waals surface area (Å²) in [6.45, 7) is -0.186. The van der Waals surface area contributed by atoms with Crippen LogP contribution in [0.1, 0.15) is 6.42 Å². The lowest BCUT2D eigenvalue weighted by atomic mass is 10.2. The lowest BCUT2D eigenvalue weighted by Crippen LogP contribution is -2.61. The summed E-state index contributed by atoms with van der Waals surface area (Å²) >= 11 is 0. The molecule has 1 heterocycles. The molecule has 0 bridgehead atoms. The lowest BCUT2D eigenvalue weighted by molar-refractivity contribution is -0.148. The highest BCUT2D eigenvalue weighted by molar-refractivity contribution is 6.41. The number of aliphatic carboxylic acids is 4. The van der Waals surface area contributed by atoms with E-state index in [2.05, 4.69) is 15.8 Å². The van der Waals surface area contributed by atoms with Gasteiger partial charge in [0.2, 0.25) is 0 Å². The Bertz CT molecular complexity index is 519. The quantitative estimate of drug-likeness (QED) is 0.284. The molecule has 0 saturated heterocycles. The first-order valence-corrected chi connectivity index (χ1v) is 5.97. The maximum atomic E-state index is 11.1. The molecule has 0 aromatic rings. The van der Waals surface area contributed by atoms with Gasteiger partial charge in [-0.3, -0.25) is 19.4 Å². The Hall–Kier alpha value is -2.57. The fourth-order valence-corrected chi connectivity index (χ4v) is 1.66. The van der Waals surface area contributed by atoms with Crippen LogP contribution in [0.3, 0.4) is 0 Å². The number of hydrogen-bond donors (Lipinski definition) is 6. The van der Waals surface area contributed by atoms with E-state index in [4.69, 9.17) is 20.4 Å². The van der Waals surface area contributed by atoms with E-state index in [1.165, 1.54) is 0 Å². The molecular formula is C10H14N4O8. The number of carboxylic acid groups (broad SMARTS) is 4. The molecule has 1 rings (SSSR count). The Morgan fingerprint density at radius 3 is 2.36 bits per heavy atom. The lowest BCUT2D eigenvalue weighted by Gasteiger charge is -2.27. The molecule has 0 saturated carbocycles. The molecule has 6 N–H and O–H groups in total. The van der Waals surface area contributed by atoms with Gasteiger partial charge in [-0.05, 0) is 0 Å². The summed E-state index contributed by atoms with van der Waals surface area (Å²) in [5.41, 5.74) is 3.91. The van der Waals surface area contributed by atoms with Crippen LogP contribution in [-0.2, 0) is 19.2 Å². The maximum absolute atomic E-state index is 11.1. The average Bonchev–Trinajstić information content (AvgIpc) is 2.59. The standard InChI is InChI=1S/C10H14N4O8/c15-5(16)3-4(8(17)18)12-14-2-1-11-6(9(19)20)7(13-14)10(21)22/h4,7,12-13H,1-3H2,(H,15,16)(H,17,18)(H,19,20)(H,21,22)/t4-,7-/m0/s1. The van der Waals surface area contributed by atoms with Crippen LogP contribution in [0, 0.1) is 0 Å². The summed E-state index contributed by atoms with van der Waals surface area (Å²) in [6, 6.07) is -3.22. The molecule has 0 aromatic heterocycles. The van der Waals surface area contributed by atoms with Gasteiger partial charge in [0.15, 0.2) is 6.04 Å². The molecule has 0 radical (unpaired) electrons. The van der Waals surface area contributed by atoms with Gasteiger partial charge in [0.1, 0.15) is 11.8 Å². The Kier molecular flexibility index (Phi) is 5.91. The molecule has 0 unspecified atom stereocenters. The third-order valence-electron chi connectivity index (χ3n) is 2.62. The van der Waals surface area contributed by atoms with Crippen LogP contribution >= 0.6 is 0 Å². The molecule has 0 aliphatic carbocycles.